The monoisotopic (exact) mass is 381 g/mol. The van der Waals surface area contributed by atoms with Crippen molar-refractivity contribution in [2.75, 3.05) is 24.5 Å². The van der Waals surface area contributed by atoms with Crippen LogP contribution in [0.2, 0.25) is 0 Å². The van der Waals surface area contributed by atoms with E-state index in [9.17, 15) is 18.0 Å². The molecule has 8 heteroatoms. The Balaban J connectivity index is 1.43. The van der Waals surface area contributed by atoms with Crippen LogP contribution < -0.4 is 4.90 Å². The number of nitrogens with zero attached hydrogens (tertiary/aromatic N) is 3. The Bertz CT molecular complexity index is 820. The number of hydrogen-bond acceptors (Lipinski definition) is 4. The second-order valence-electron chi connectivity index (χ2n) is 6.69. The number of carbonyl (C=O) groups is 1. The molecule has 2 aliphatic rings. The molecule has 1 saturated heterocycles. The number of alkyl halides is 3. The average molecular weight is 381 g/mol. The van der Waals surface area contributed by atoms with Crippen molar-refractivity contribution in [3.05, 3.63) is 45.8 Å². The summed E-state index contributed by atoms with van der Waals surface area (Å²) in [5, 5.41) is 2.05. The van der Waals surface area contributed by atoms with Crippen molar-refractivity contribution in [3.63, 3.8) is 0 Å². The molecule has 2 aromatic heterocycles. The Morgan fingerprint density at radius 3 is 2.88 bits per heavy atom. The molecule has 2 aromatic rings. The van der Waals surface area contributed by atoms with Gasteiger partial charge < -0.3 is 9.80 Å². The van der Waals surface area contributed by atoms with Crippen molar-refractivity contribution in [1.29, 1.82) is 0 Å². The number of anilines is 1. The molecule has 26 heavy (non-hydrogen) atoms. The number of rotatable bonds is 2. The molecule has 138 valence electrons. The molecule has 1 unspecified atom stereocenters. The Kier molecular flexibility index (Phi) is 4.38. The van der Waals surface area contributed by atoms with E-state index in [4.69, 9.17) is 0 Å². The number of halogens is 3. The molecule has 2 aliphatic heterocycles. The standard InChI is InChI=1S/C18H18F3N3OS/c19-18(20,21)15-2-1-3-16(22-15)23-7-4-13(11-23)17(25)24-8-5-14-12(10-24)6-9-26-14/h1-3,6,9,13H,4-5,7-8,10-11H2. The number of hydrogen-bond donors (Lipinski definition) is 0. The van der Waals surface area contributed by atoms with E-state index in [1.165, 1.54) is 16.5 Å². The Morgan fingerprint density at radius 1 is 1.23 bits per heavy atom. The van der Waals surface area contributed by atoms with E-state index in [1.807, 2.05) is 4.90 Å². The molecule has 1 fully saturated rings. The lowest BCUT2D eigenvalue weighted by molar-refractivity contribution is -0.141. The van der Waals surface area contributed by atoms with Gasteiger partial charge in [-0.25, -0.2) is 4.98 Å². The van der Waals surface area contributed by atoms with Crippen LogP contribution in [0.4, 0.5) is 19.0 Å². The maximum atomic E-state index is 12.9. The van der Waals surface area contributed by atoms with E-state index in [2.05, 4.69) is 16.4 Å². The topological polar surface area (TPSA) is 36.4 Å². The fourth-order valence-electron chi connectivity index (χ4n) is 3.62. The van der Waals surface area contributed by atoms with Crippen LogP contribution in [0.1, 0.15) is 22.6 Å². The van der Waals surface area contributed by atoms with Crippen molar-refractivity contribution in [2.45, 2.75) is 25.6 Å². The molecule has 1 amide bonds. The van der Waals surface area contributed by atoms with Crippen molar-refractivity contribution in [2.24, 2.45) is 5.92 Å². The highest BCUT2D eigenvalue weighted by Crippen LogP contribution is 2.31. The second kappa shape index (κ2) is 6.57. The molecule has 0 bridgehead atoms. The predicted octanol–water partition coefficient (Wildman–Crippen LogP) is 3.57. The molecule has 0 aliphatic carbocycles. The van der Waals surface area contributed by atoms with E-state index in [1.54, 1.807) is 22.3 Å². The van der Waals surface area contributed by atoms with Gasteiger partial charge in [-0.1, -0.05) is 6.07 Å². The molecule has 0 spiro atoms. The molecule has 1 atom stereocenters. The van der Waals surface area contributed by atoms with Crippen LogP contribution in [-0.4, -0.2) is 35.4 Å². The number of amides is 1. The number of pyridine rings is 1. The fraction of sp³-hybridized carbons (Fsp3) is 0.444. The highest BCUT2D eigenvalue weighted by atomic mass is 32.1. The van der Waals surface area contributed by atoms with Gasteiger partial charge in [-0.2, -0.15) is 13.2 Å². The maximum absolute atomic E-state index is 12.9. The maximum Gasteiger partial charge on any atom is 0.433 e. The summed E-state index contributed by atoms with van der Waals surface area (Å²) < 4.78 is 38.6. The first-order valence-corrected chi connectivity index (χ1v) is 9.43. The predicted molar refractivity (Wildman–Crippen MR) is 93.0 cm³/mol. The minimum atomic E-state index is -4.46. The molecule has 0 aromatic carbocycles. The lowest BCUT2D eigenvalue weighted by atomic mass is 10.0. The van der Waals surface area contributed by atoms with E-state index < -0.39 is 11.9 Å². The van der Waals surface area contributed by atoms with Gasteiger partial charge >= 0.3 is 6.18 Å². The summed E-state index contributed by atoms with van der Waals surface area (Å²) in [4.78, 5) is 21.6. The van der Waals surface area contributed by atoms with Crippen molar-refractivity contribution in [3.8, 4) is 0 Å². The minimum absolute atomic E-state index is 0.0938. The van der Waals surface area contributed by atoms with Gasteiger partial charge in [0, 0.05) is 31.1 Å². The first-order valence-electron chi connectivity index (χ1n) is 8.55. The third-order valence-electron chi connectivity index (χ3n) is 5.01. The van der Waals surface area contributed by atoms with Crippen molar-refractivity contribution < 1.29 is 18.0 Å². The smallest absolute Gasteiger partial charge is 0.356 e. The number of fused-ring (bicyclic) bond motifs is 1. The van der Waals surface area contributed by atoms with Gasteiger partial charge in [-0.3, -0.25) is 4.79 Å². The summed E-state index contributed by atoms with van der Waals surface area (Å²) in [7, 11) is 0. The highest BCUT2D eigenvalue weighted by molar-refractivity contribution is 7.10. The summed E-state index contributed by atoms with van der Waals surface area (Å²) in [5.74, 6) is 0.191. The summed E-state index contributed by atoms with van der Waals surface area (Å²) in [5.41, 5.74) is 0.315. The fourth-order valence-corrected chi connectivity index (χ4v) is 4.51. The molecular weight excluding hydrogens is 363 g/mol. The van der Waals surface area contributed by atoms with Crippen LogP contribution in [0, 0.1) is 5.92 Å². The van der Waals surface area contributed by atoms with E-state index in [0.29, 0.717) is 32.6 Å². The SMILES string of the molecule is O=C(C1CCN(c2cccc(C(F)(F)F)n2)C1)N1CCc2sccc2C1. The van der Waals surface area contributed by atoms with Crippen LogP contribution in [0.25, 0.3) is 0 Å². The number of carbonyl (C=O) groups excluding carboxylic acids is 1. The third kappa shape index (κ3) is 3.30. The first kappa shape index (κ1) is 17.3. The second-order valence-corrected chi connectivity index (χ2v) is 7.69. The summed E-state index contributed by atoms with van der Waals surface area (Å²) >= 11 is 1.73. The average Bonchev–Trinajstić information content (AvgIpc) is 3.29. The third-order valence-corrected chi connectivity index (χ3v) is 6.03. The number of aromatic nitrogens is 1. The largest absolute Gasteiger partial charge is 0.433 e. The quantitative estimate of drug-likeness (QED) is 0.798. The Labute approximate surface area is 153 Å². The molecule has 4 rings (SSSR count). The Hall–Kier alpha value is -2.09. The molecule has 0 radical (unpaired) electrons. The number of thiophene rings is 1. The van der Waals surface area contributed by atoms with Gasteiger partial charge in [0.1, 0.15) is 11.5 Å². The van der Waals surface area contributed by atoms with Gasteiger partial charge in [0.05, 0.1) is 5.92 Å². The summed E-state index contributed by atoms with van der Waals surface area (Å²) in [6, 6.07) is 5.96. The van der Waals surface area contributed by atoms with Crippen LogP contribution in [-0.2, 0) is 23.9 Å². The van der Waals surface area contributed by atoms with Crippen LogP contribution >= 0.6 is 11.3 Å². The first-order chi connectivity index (χ1) is 12.4. The van der Waals surface area contributed by atoms with Gasteiger partial charge in [0.25, 0.3) is 0 Å². The lowest BCUT2D eigenvalue weighted by Gasteiger charge is -2.29. The van der Waals surface area contributed by atoms with Crippen LogP contribution in [0.5, 0.6) is 0 Å². The van der Waals surface area contributed by atoms with Crippen molar-refractivity contribution >= 4 is 23.1 Å². The highest BCUT2D eigenvalue weighted by Gasteiger charge is 2.36. The van der Waals surface area contributed by atoms with Gasteiger partial charge in [-0.15, -0.1) is 11.3 Å². The van der Waals surface area contributed by atoms with Gasteiger partial charge in [0.2, 0.25) is 5.91 Å². The van der Waals surface area contributed by atoms with Gasteiger partial charge in [0.15, 0.2) is 0 Å². The summed E-state index contributed by atoms with van der Waals surface area (Å²) in [6.07, 6.45) is -2.94. The molecule has 4 nitrogen and oxygen atoms in total. The van der Waals surface area contributed by atoms with E-state index >= 15 is 0 Å². The Morgan fingerprint density at radius 2 is 2.08 bits per heavy atom. The summed E-state index contributed by atoms with van der Waals surface area (Å²) in [6.45, 7) is 2.31. The van der Waals surface area contributed by atoms with Crippen LogP contribution in [0.15, 0.2) is 29.6 Å². The molecule has 0 N–H and O–H groups in total. The van der Waals surface area contributed by atoms with Crippen molar-refractivity contribution in [1.82, 2.24) is 9.88 Å². The molecular formula is C18H18F3N3OS. The van der Waals surface area contributed by atoms with E-state index in [-0.39, 0.29) is 17.6 Å². The van der Waals surface area contributed by atoms with Gasteiger partial charge in [-0.05, 0) is 42.0 Å². The van der Waals surface area contributed by atoms with Crippen LogP contribution in [0.3, 0.4) is 0 Å². The lowest BCUT2D eigenvalue weighted by Crippen LogP contribution is -2.40. The molecule has 0 saturated carbocycles. The zero-order chi connectivity index (χ0) is 18.3. The molecule has 4 heterocycles. The minimum Gasteiger partial charge on any atom is -0.356 e. The zero-order valence-corrected chi connectivity index (χ0v) is 14.8. The normalized spacial score (nSPS) is 20.3. The van der Waals surface area contributed by atoms with E-state index in [0.717, 1.165) is 12.5 Å². The zero-order valence-electron chi connectivity index (χ0n) is 14.0.